The van der Waals surface area contributed by atoms with Gasteiger partial charge < -0.3 is 0 Å². The fourth-order valence-corrected chi connectivity index (χ4v) is 1.06. The van der Waals surface area contributed by atoms with Crippen LogP contribution >= 0.6 is 0 Å². The molecule has 0 N–H and O–H groups in total. The van der Waals surface area contributed by atoms with Crippen molar-refractivity contribution >= 4 is 0 Å². The summed E-state index contributed by atoms with van der Waals surface area (Å²) in [5, 5.41) is 0. The Hall–Kier alpha value is -0.130. The lowest BCUT2D eigenvalue weighted by molar-refractivity contribution is 0.375. The highest BCUT2D eigenvalue weighted by atomic mass is 14.4. The molecule has 0 aromatic heterocycles. The van der Waals surface area contributed by atoms with Crippen LogP contribution in [0.25, 0.3) is 0 Å². The fourth-order valence-electron chi connectivity index (χ4n) is 1.06. The SMILES string of the molecule is C[CH+]C(C)(C)C1CC1. The summed E-state index contributed by atoms with van der Waals surface area (Å²) in [6.07, 6.45) is 5.24. The Balaban J connectivity index is 2.37. The molecule has 0 amide bonds. The Kier molecular flexibility index (Phi) is 1.26. The zero-order chi connectivity index (χ0) is 6.20. The topological polar surface area (TPSA) is 0 Å². The van der Waals surface area contributed by atoms with E-state index in [4.69, 9.17) is 0 Å². The van der Waals surface area contributed by atoms with Crippen LogP contribution in [-0.4, -0.2) is 0 Å². The van der Waals surface area contributed by atoms with E-state index in [-0.39, 0.29) is 0 Å². The van der Waals surface area contributed by atoms with Gasteiger partial charge in [0.05, 0.1) is 13.3 Å². The van der Waals surface area contributed by atoms with Crippen LogP contribution in [-0.2, 0) is 0 Å². The predicted molar refractivity (Wildman–Crippen MR) is 36.5 cm³/mol. The maximum absolute atomic E-state index is 2.32. The van der Waals surface area contributed by atoms with Crippen molar-refractivity contribution in [3.63, 3.8) is 0 Å². The molecule has 1 fully saturated rings. The van der Waals surface area contributed by atoms with Crippen molar-refractivity contribution in [1.29, 1.82) is 0 Å². The van der Waals surface area contributed by atoms with Gasteiger partial charge in [0.25, 0.3) is 0 Å². The molecule has 0 aromatic carbocycles. The lowest BCUT2D eigenvalue weighted by Gasteiger charge is -2.11. The summed E-state index contributed by atoms with van der Waals surface area (Å²) in [5.41, 5.74) is 0.528. The lowest BCUT2D eigenvalue weighted by atomic mass is 9.85. The number of hydrogen-bond acceptors (Lipinski definition) is 0. The van der Waals surface area contributed by atoms with Gasteiger partial charge in [-0.2, -0.15) is 0 Å². The van der Waals surface area contributed by atoms with Crippen molar-refractivity contribution in [2.24, 2.45) is 11.3 Å². The standard InChI is InChI=1S/C8H15/c1-4-8(2,3)7-5-6-7/h4,7H,5-6H2,1-3H3/q+1. The fraction of sp³-hybridized carbons (Fsp3) is 0.875. The molecule has 0 saturated heterocycles. The molecular formula is C8H15+. The highest BCUT2D eigenvalue weighted by Crippen LogP contribution is 2.46. The first-order chi connectivity index (χ1) is 3.67. The van der Waals surface area contributed by atoms with E-state index in [0.29, 0.717) is 5.41 Å². The third-order valence-electron chi connectivity index (χ3n) is 2.37. The molecule has 0 unspecified atom stereocenters. The van der Waals surface area contributed by atoms with Crippen molar-refractivity contribution in [1.82, 2.24) is 0 Å². The molecule has 1 saturated carbocycles. The van der Waals surface area contributed by atoms with Crippen molar-refractivity contribution in [3.05, 3.63) is 6.42 Å². The molecule has 0 aromatic rings. The van der Waals surface area contributed by atoms with Crippen LogP contribution in [0.5, 0.6) is 0 Å². The van der Waals surface area contributed by atoms with E-state index in [1.807, 2.05) is 0 Å². The van der Waals surface area contributed by atoms with Crippen LogP contribution in [0.2, 0.25) is 0 Å². The quantitative estimate of drug-likeness (QED) is 0.480. The van der Waals surface area contributed by atoms with Crippen LogP contribution in [0.4, 0.5) is 0 Å². The van der Waals surface area contributed by atoms with Gasteiger partial charge in [-0.3, -0.25) is 0 Å². The second kappa shape index (κ2) is 1.68. The van der Waals surface area contributed by atoms with Gasteiger partial charge in [0.1, 0.15) is 5.41 Å². The van der Waals surface area contributed by atoms with E-state index in [2.05, 4.69) is 27.2 Å². The van der Waals surface area contributed by atoms with Gasteiger partial charge in [-0.25, -0.2) is 0 Å². The molecule has 1 rings (SSSR count). The van der Waals surface area contributed by atoms with Gasteiger partial charge in [0.2, 0.25) is 0 Å². The van der Waals surface area contributed by atoms with E-state index in [1.165, 1.54) is 12.8 Å². The van der Waals surface area contributed by atoms with E-state index in [0.717, 1.165) is 5.92 Å². The Labute approximate surface area is 52.3 Å². The van der Waals surface area contributed by atoms with E-state index >= 15 is 0 Å². The molecular weight excluding hydrogens is 96.1 g/mol. The van der Waals surface area contributed by atoms with E-state index in [1.54, 1.807) is 0 Å². The van der Waals surface area contributed by atoms with Crippen LogP contribution < -0.4 is 0 Å². The lowest BCUT2D eigenvalue weighted by Crippen LogP contribution is -2.12. The highest BCUT2D eigenvalue weighted by molar-refractivity contribution is 4.94. The summed E-state index contributed by atoms with van der Waals surface area (Å²) in [6, 6.07) is 0. The van der Waals surface area contributed by atoms with Gasteiger partial charge >= 0.3 is 0 Å². The normalized spacial score (nSPS) is 20.9. The van der Waals surface area contributed by atoms with Gasteiger partial charge in [0, 0.05) is 5.92 Å². The Morgan fingerprint density at radius 3 is 2.00 bits per heavy atom. The van der Waals surface area contributed by atoms with Crippen LogP contribution in [0.15, 0.2) is 0 Å². The monoisotopic (exact) mass is 111 g/mol. The number of rotatable bonds is 2. The molecule has 0 bridgehead atoms. The molecule has 46 valence electrons. The molecule has 0 radical (unpaired) electrons. The van der Waals surface area contributed by atoms with Crippen molar-refractivity contribution < 1.29 is 0 Å². The second-order valence-electron chi connectivity index (χ2n) is 3.38. The summed E-state index contributed by atoms with van der Waals surface area (Å²) in [7, 11) is 0. The predicted octanol–water partition coefficient (Wildman–Crippen LogP) is 2.65. The van der Waals surface area contributed by atoms with Gasteiger partial charge in [-0.05, 0) is 26.7 Å². The smallest absolute Gasteiger partial charge is 0.0454 e. The average Bonchev–Trinajstić information content (AvgIpc) is 2.44. The summed E-state index contributed by atoms with van der Waals surface area (Å²) in [4.78, 5) is 0. The van der Waals surface area contributed by atoms with Crippen LogP contribution in [0.3, 0.4) is 0 Å². The molecule has 0 atom stereocenters. The zero-order valence-electron chi connectivity index (χ0n) is 6.07. The third-order valence-corrected chi connectivity index (χ3v) is 2.37. The molecule has 0 nitrogen and oxygen atoms in total. The third kappa shape index (κ3) is 0.988. The molecule has 0 heterocycles. The second-order valence-corrected chi connectivity index (χ2v) is 3.38. The van der Waals surface area contributed by atoms with Gasteiger partial charge in [0.15, 0.2) is 0 Å². The molecule has 8 heavy (non-hydrogen) atoms. The Morgan fingerprint density at radius 1 is 1.38 bits per heavy atom. The van der Waals surface area contributed by atoms with Crippen molar-refractivity contribution in [2.75, 3.05) is 0 Å². The molecule has 0 spiro atoms. The Bertz CT molecular complexity index is 78.0. The summed E-state index contributed by atoms with van der Waals surface area (Å²) >= 11 is 0. The largest absolute Gasteiger partial charge is 0.105 e. The minimum Gasteiger partial charge on any atom is -0.0454 e. The average molecular weight is 111 g/mol. The first-order valence-corrected chi connectivity index (χ1v) is 3.47. The van der Waals surface area contributed by atoms with E-state index < -0.39 is 0 Å². The summed E-state index contributed by atoms with van der Waals surface area (Å²) in [6.45, 7) is 6.81. The first-order valence-electron chi connectivity index (χ1n) is 3.47. The molecule has 0 aliphatic heterocycles. The minimum atomic E-state index is 0.528. The zero-order valence-corrected chi connectivity index (χ0v) is 6.07. The van der Waals surface area contributed by atoms with Crippen molar-refractivity contribution in [2.45, 2.75) is 33.6 Å². The van der Waals surface area contributed by atoms with E-state index in [9.17, 15) is 0 Å². The maximum atomic E-state index is 2.32. The van der Waals surface area contributed by atoms with Crippen LogP contribution in [0, 0.1) is 17.8 Å². The minimum absolute atomic E-state index is 0.528. The molecule has 0 heteroatoms. The highest BCUT2D eigenvalue weighted by Gasteiger charge is 2.42. The number of hydrogen-bond donors (Lipinski definition) is 0. The summed E-state index contributed by atoms with van der Waals surface area (Å²) < 4.78 is 0. The van der Waals surface area contributed by atoms with Gasteiger partial charge in [-0.1, -0.05) is 0 Å². The van der Waals surface area contributed by atoms with Crippen molar-refractivity contribution in [3.8, 4) is 0 Å². The summed E-state index contributed by atoms with van der Waals surface area (Å²) in [5.74, 6) is 1.01. The first kappa shape index (κ1) is 6.00. The van der Waals surface area contributed by atoms with Gasteiger partial charge in [-0.15, -0.1) is 0 Å². The Morgan fingerprint density at radius 2 is 1.88 bits per heavy atom. The molecule has 1 aliphatic rings. The van der Waals surface area contributed by atoms with Crippen LogP contribution in [0.1, 0.15) is 33.6 Å². The molecule has 1 aliphatic carbocycles. The maximum Gasteiger partial charge on any atom is 0.105 e.